The van der Waals surface area contributed by atoms with Gasteiger partial charge in [0.1, 0.15) is 0 Å². The molecule has 3 rings (SSSR count). The number of hydrazone groups is 1. The molecule has 0 saturated heterocycles. The Kier molecular flexibility index (Phi) is 3.65. The fourth-order valence-corrected chi connectivity index (χ4v) is 2.26. The number of aryl methyl sites for hydroxylation is 1. The first-order chi connectivity index (χ1) is 10.2. The molecule has 0 saturated carbocycles. The van der Waals surface area contributed by atoms with Gasteiger partial charge in [-0.05, 0) is 28.1 Å². The molecule has 110 valence electrons. The summed E-state index contributed by atoms with van der Waals surface area (Å²) in [5, 5.41) is 11.9. The molecule has 0 atom stereocenters. The van der Waals surface area contributed by atoms with E-state index in [1.807, 2.05) is 19.1 Å². The minimum atomic E-state index is 0.233. The van der Waals surface area contributed by atoms with Gasteiger partial charge in [0.15, 0.2) is 17.3 Å². The zero-order valence-corrected chi connectivity index (χ0v) is 12.8. The number of aromatic nitrogens is 3. The van der Waals surface area contributed by atoms with Crippen LogP contribution < -0.4 is 20.7 Å². The molecule has 2 heterocycles. The largest absolute Gasteiger partial charge is 0.454 e. The van der Waals surface area contributed by atoms with E-state index < -0.39 is 0 Å². The molecule has 0 fully saturated rings. The highest BCUT2D eigenvalue weighted by Gasteiger charge is 2.15. The van der Waals surface area contributed by atoms with Gasteiger partial charge < -0.3 is 15.3 Å². The lowest BCUT2D eigenvalue weighted by atomic mass is 10.2. The quantitative estimate of drug-likeness (QED) is 0.491. The highest BCUT2D eigenvalue weighted by atomic mass is 79.9. The first-order valence-electron chi connectivity index (χ1n) is 6.26. The number of nitrogen functional groups attached to an aromatic ring is 1. The van der Waals surface area contributed by atoms with Gasteiger partial charge in [-0.1, -0.05) is 6.92 Å². The number of fused-ring (bicyclic) bond motifs is 1. The van der Waals surface area contributed by atoms with Crippen molar-refractivity contribution in [3.05, 3.63) is 28.0 Å². The maximum atomic E-state index is 5.81. The van der Waals surface area contributed by atoms with Crippen molar-refractivity contribution in [2.45, 2.75) is 13.3 Å². The third-order valence-corrected chi connectivity index (χ3v) is 3.63. The standard InChI is InChI=1S/C12H13BrN6O2/c1-2-11-16-18-12(19(11)14)17-15-5-7-3-9-10(4-8(7)13)21-6-20-9/h3-5H,2,6,14H2,1H3,(H,17,18)/b15-5+. The molecular weight excluding hydrogens is 340 g/mol. The maximum Gasteiger partial charge on any atom is 0.263 e. The first-order valence-corrected chi connectivity index (χ1v) is 7.06. The Morgan fingerprint density at radius 1 is 1.43 bits per heavy atom. The normalized spacial score (nSPS) is 13.0. The molecule has 0 radical (unpaired) electrons. The van der Waals surface area contributed by atoms with Gasteiger partial charge in [-0.3, -0.25) is 0 Å². The van der Waals surface area contributed by atoms with Crippen LogP contribution >= 0.6 is 15.9 Å². The van der Waals surface area contributed by atoms with Gasteiger partial charge in [0.2, 0.25) is 6.79 Å². The number of nitrogens with zero attached hydrogens (tertiary/aromatic N) is 4. The van der Waals surface area contributed by atoms with Crippen LogP contribution in [0.3, 0.4) is 0 Å². The molecule has 0 aliphatic carbocycles. The van der Waals surface area contributed by atoms with Gasteiger partial charge in [-0.2, -0.15) is 5.10 Å². The van der Waals surface area contributed by atoms with Crippen molar-refractivity contribution >= 4 is 28.1 Å². The monoisotopic (exact) mass is 352 g/mol. The number of hydrogen-bond acceptors (Lipinski definition) is 7. The molecule has 1 aliphatic rings. The van der Waals surface area contributed by atoms with E-state index in [0.29, 0.717) is 29.7 Å². The summed E-state index contributed by atoms with van der Waals surface area (Å²) in [5.74, 6) is 8.26. The smallest absolute Gasteiger partial charge is 0.263 e. The number of anilines is 1. The van der Waals surface area contributed by atoms with Crippen molar-refractivity contribution in [3.63, 3.8) is 0 Å². The molecule has 0 bridgehead atoms. The van der Waals surface area contributed by atoms with E-state index in [1.165, 1.54) is 4.68 Å². The Labute approximate surface area is 129 Å². The Morgan fingerprint density at radius 2 is 2.19 bits per heavy atom. The fraction of sp³-hybridized carbons (Fsp3) is 0.250. The van der Waals surface area contributed by atoms with Crippen molar-refractivity contribution in [3.8, 4) is 11.5 Å². The predicted octanol–water partition coefficient (Wildman–Crippen LogP) is 1.49. The third-order valence-electron chi connectivity index (χ3n) is 2.94. The molecule has 0 amide bonds. The van der Waals surface area contributed by atoms with Gasteiger partial charge >= 0.3 is 0 Å². The lowest BCUT2D eigenvalue weighted by Gasteiger charge is -2.02. The summed E-state index contributed by atoms with van der Waals surface area (Å²) in [6.45, 7) is 2.18. The van der Waals surface area contributed by atoms with Gasteiger partial charge in [-0.25, -0.2) is 10.1 Å². The van der Waals surface area contributed by atoms with E-state index in [2.05, 4.69) is 36.7 Å². The Hall–Kier alpha value is -2.29. The SMILES string of the molecule is CCc1nnc(N/N=C/c2cc3c(cc2Br)OCO3)n1N. The maximum absolute atomic E-state index is 5.81. The van der Waals surface area contributed by atoms with Crippen LogP contribution in [0.4, 0.5) is 5.95 Å². The van der Waals surface area contributed by atoms with Gasteiger partial charge in [0.05, 0.1) is 6.21 Å². The zero-order chi connectivity index (χ0) is 14.8. The summed E-state index contributed by atoms with van der Waals surface area (Å²) in [6.07, 6.45) is 2.33. The summed E-state index contributed by atoms with van der Waals surface area (Å²) < 4.78 is 12.8. The number of nitrogens with one attached hydrogen (secondary N) is 1. The molecule has 3 N–H and O–H groups in total. The minimum Gasteiger partial charge on any atom is -0.454 e. The number of rotatable bonds is 4. The second kappa shape index (κ2) is 5.60. The average Bonchev–Trinajstić information content (AvgIpc) is 3.06. The number of ether oxygens (including phenoxy) is 2. The van der Waals surface area contributed by atoms with Gasteiger partial charge in [0, 0.05) is 16.5 Å². The summed E-state index contributed by atoms with van der Waals surface area (Å²) in [6, 6.07) is 3.67. The second-order valence-electron chi connectivity index (χ2n) is 4.26. The average molecular weight is 353 g/mol. The van der Waals surface area contributed by atoms with Crippen LogP contribution in [0, 0.1) is 0 Å². The topological polar surface area (TPSA) is 99.6 Å². The van der Waals surface area contributed by atoms with E-state index >= 15 is 0 Å². The number of halogens is 1. The fourth-order valence-electron chi connectivity index (χ4n) is 1.83. The van der Waals surface area contributed by atoms with Crippen molar-refractivity contribution in [2.75, 3.05) is 18.1 Å². The summed E-state index contributed by atoms with van der Waals surface area (Å²) in [7, 11) is 0. The van der Waals surface area contributed by atoms with E-state index in [-0.39, 0.29) is 6.79 Å². The number of nitrogens with two attached hydrogens (primary N) is 1. The predicted molar refractivity (Wildman–Crippen MR) is 81.0 cm³/mol. The first kappa shape index (κ1) is 13.7. The summed E-state index contributed by atoms with van der Waals surface area (Å²) in [4.78, 5) is 0. The summed E-state index contributed by atoms with van der Waals surface area (Å²) in [5.41, 5.74) is 3.59. The van der Waals surface area contributed by atoms with Gasteiger partial charge in [-0.15, -0.1) is 10.2 Å². The molecular formula is C12H13BrN6O2. The van der Waals surface area contributed by atoms with Crippen LogP contribution in [0.1, 0.15) is 18.3 Å². The number of hydrogen-bond donors (Lipinski definition) is 2. The summed E-state index contributed by atoms with van der Waals surface area (Å²) >= 11 is 3.45. The molecule has 1 aromatic carbocycles. The van der Waals surface area contributed by atoms with Crippen molar-refractivity contribution in [1.29, 1.82) is 0 Å². The Bertz CT molecular complexity index is 699. The molecule has 0 unspecified atom stereocenters. The van der Waals surface area contributed by atoms with E-state index in [4.69, 9.17) is 15.3 Å². The van der Waals surface area contributed by atoms with Crippen molar-refractivity contribution < 1.29 is 9.47 Å². The van der Waals surface area contributed by atoms with Gasteiger partial charge in [0.25, 0.3) is 5.95 Å². The molecule has 1 aliphatic heterocycles. The molecule has 2 aromatic rings. The second-order valence-corrected chi connectivity index (χ2v) is 5.11. The zero-order valence-electron chi connectivity index (χ0n) is 11.2. The third kappa shape index (κ3) is 2.64. The minimum absolute atomic E-state index is 0.233. The lowest BCUT2D eigenvalue weighted by molar-refractivity contribution is 0.174. The lowest BCUT2D eigenvalue weighted by Crippen LogP contribution is -2.14. The Balaban J connectivity index is 1.76. The van der Waals surface area contributed by atoms with Crippen molar-refractivity contribution in [2.24, 2.45) is 5.10 Å². The van der Waals surface area contributed by atoms with Crippen LogP contribution in [0.15, 0.2) is 21.7 Å². The van der Waals surface area contributed by atoms with Crippen LogP contribution in [-0.4, -0.2) is 27.9 Å². The Morgan fingerprint density at radius 3 is 2.90 bits per heavy atom. The molecule has 0 spiro atoms. The molecule has 21 heavy (non-hydrogen) atoms. The molecule has 8 nitrogen and oxygen atoms in total. The van der Waals surface area contributed by atoms with Crippen LogP contribution in [0.25, 0.3) is 0 Å². The molecule has 9 heteroatoms. The highest BCUT2D eigenvalue weighted by Crippen LogP contribution is 2.36. The highest BCUT2D eigenvalue weighted by molar-refractivity contribution is 9.10. The van der Waals surface area contributed by atoms with Crippen molar-refractivity contribution in [1.82, 2.24) is 14.9 Å². The van der Waals surface area contributed by atoms with Crippen LogP contribution in [0.2, 0.25) is 0 Å². The van der Waals surface area contributed by atoms with E-state index in [0.717, 1.165) is 10.0 Å². The van der Waals surface area contributed by atoms with Crippen LogP contribution in [-0.2, 0) is 6.42 Å². The van der Waals surface area contributed by atoms with E-state index in [1.54, 1.807) is 6.21 Å². The molecule has 1 aromatic heterocycles. The van der Waals surface area contributed by atoms with Crippen LogP contribution in [0.5, 0.6) is 11.5 Å². The number of benzene rings is 1. The van der Waals surface area contributed by atoms with E-state index in [9.17, 15) is 0 Å².